The average Bonchev–Trinajstić information content (AvgIpc) is 3.34. The highest BCUT2D eigenvalue weighted by molar-refractivity contribution is 7.99. The minimum absolute atomic E-state index is 0.116. The highest BCUT2D eigenvalue weighted by Gasteiger charge is 2.14. The number of anilines is 1. The maximum atomic E-state index is 12.0. The van der Waals surface area contributed by atoms with Gasteiger partial charge in [-0.3, -0.25) is 4.79 Å². The van der Waals surface area contributed by atoms with E-state index >= 15 is 0 Å². The van der Waals surface area contributed by atoms with Crippen molar-refractivity contribution in [3.8, 4) is 5.75 Å². The molecule has 9 heteroatoms. The Kier molecular flexibility index (Phi) is 6.83. The predicted octanol–water partition coefficient (Wildman–Crippen LogP) is 3.63. The van der Waals surface area contributed by atoms with Crippen molar-refractivity contribution in [2.45, 2.75) is 38.6 Å². The molecule has 0 saturated carbocycles. The van der Waals surface area contributed by atoms with Crippen LogP contribution in [0.15, 0.2) is 41.0 Å². The topological polar surface area (TPSA) is 81.9 Å². The first-order chi connectivity index (χ1) is 13.2. The highest BCUT2D eigenvalue weighted by atomic mass is 32.2. The third-order valence-electron chi connectivity index (χ3n) is 3.82. The first-order valence-corrected chi connectivity index (χ1v) is 10.5. The van der Waals surface area contributed by atoms with Gasteiger partial charge in [0.2, 0.25) is 5.91 Å². The van der Waals surface area contributed by atoms with Crippen LogP contribution in [0.2, 0.25) is 0 Å². The SMILES string of the molecule is CCc1ccc(OCc2nnc(SCC(=O)Nc3nccs3)n2CC)cc1. The van der Waals surface area contributed by atoms with Gasteiger partial charge in [0.05, 0.1) is 5.75 Å². The zero-order chi connectivity index (χ0) is 19.1. The number of amides is 1. The van der Waals surface area contributed by atoms with Crippen LogP contribution in [0.3, 0.4) is 0 Å². The summed E-state index contributed by atoms with van der Waals surface area (Å²) < 4.78 is 7.78. The van der Waals surface area contributed by atoms with Gasteiger partial charge in [0.15, 0.2) is 16.1 Å². The molecule has 3 rings (SSSR count). The van der Waals surface area contributed by atoms with Gasteiger partial charge < -0.3 is 14.6 Å². The fraction of sp³-hybridized carbons (Fsp3) is 0.333. The van der Waals surface area contributed by atoms with Crippen molar-refractivity contribution in [2.75, 3.05) is 11.1 Å². The Morgan fingerprint density at radius 1 is 1.26 bits per heavy atom. The molecule has 0 bridgehead atoms. The molecule has 0 unspecified atom stereocenters. The van der Waals surface area contributed by atoms with Crippen molar-refractivity contribution < 1.29 is 9.53 Å². The lowest BCUT2D eigenvalue weighted by Crippen LogP contribution is -2.14. The van der Waals surface area contributed by atoms with Gasteiger partial charge in [-0.05, 0) is 31.0 Å². The molecule has 0 spiro atoms. The number of thioether (sulfide) groups is 1. The summed E-state index contributed by atoms with van der Waals surface area (Å²) in [4.78, 5) is 16.0. The quantitative estimate of drug-likeness (QED) is 0.550. The van der Waals surface area contributed by atoms with E-state index in [9.17, 15) is 4.79 Å². The van der Waals surface area contributed by atoms with Crippen LogP contribution < -0.4 is 10.1 Å². The number of thiazole rings is 1. The highest BCUT2D eigenvalue weighted by Crippen LogP contribution is 2.20. The first-order valence-electron chi connectivity index (χ1n) is 8.65. The summed E-state index contributed by atoms with van der Waals surface area (Å²) in [7, 11) is 0. The van der Waals surface area contributed by atoms with Crippen molar-refractivity contribution in [1.82, 2.24) is 19.7 Å². The molecule has 0 aliphatic rings. The number of hydrogen-bond acceptors (Lipinski definition) is 7. The molecule has 0 aliphatic heterocycles. The zero-order valence-electron chi connectivity index (χ0n) is 15.2. The molecular formula is C18H21N5O2S2. The predicted molar refractivity (Wildman–Crippen MR) is 107 cm³/mol. The van der Waals surface area contributed by atoms with E-state index in [2.05, 4.69) is 39.6 Å². The summed E-state index contributed by atoms with van der Waals surface area (Å²) in [6.45, 7) is 5.17. The smallest absolute Gasteiger partial charge is 0.236 e. The molecule has 0 radical (unpaired) electrons. The number of benzene rings is 1. The maximum Gasteiger partial charge on any atom is 0.236 e. The van der Waals surface area contributed by atoms with Gasteiger partial charge in [-0.1, -0.05) is 30.8 Å². The van der Waals surface area contributed by atoms with Crippen molar-refractivity contribution in [3.05, 3.63) is 47.2 Å². The van der Waals surface area contributed by atoms with E-state index in [1.54, 1.807) is 6.20 Å². The Hall–Kier alpha value is -2.39. The number of carbonyl (C=O) groups excluding carboxylic acids is 1. The number of aromatic nitrogens is 4. The van der Waals surface area contributed by atoms with Gasteiger partial charge >= 0.3 is 0 Å². The Labute approximate surface area is 166 Å². The molecule has 1 N–H and O–H groups in total. The standard InChI is InChI=1S/C18H21N5O2S2/c1-3-13-5-7-14(8-6-13)25-11-15-21-22-18(23(15)4-2)27-12-16(24)20-17-19-9-10-26-17/h5-10H,3-4,11-12H2,1-2H3,(H,19,20,24). The van der Waals surface area contributed by atoms with Crippen molar-refractivity contribution in [2.24, 2.45) is 0 Å². The molecular weight excluding hydrogens is 382 g/mol. The molecule has 1 aromatic carbocycles. The number of carbonyl (C=O) groups is 1. The van der Waals surface area contributed by atoms with Crippen molar-refractivity contribution in [1.29, 1.82) is 0 Å². The Morgan fingerprint density at radius 3 is 2.74 bits per heavy atom. The van der Waals surface area contributed by atoms with E-state index in [1.807, 2.05) is 29.0 Å². The molecule has 0 saturated heterocycles. The maximum absolute atomic E-state index is 12.0. The van der Waals surface area contributed by atoms with Crippen LogP contribution in [-0.2, 0) is 24.4 Å². The summed E-state index contributed by atoms with van der Waals surface area (Å²) in [5, 5.41) is 14.3. The number of nitrogens with zero attached hydrogens (tertiary/aromatic N) is 4. The van der Waals surface area contributed by atoms with Crippen molar-refractivity contribution >= 4 is 34.1 Å². The molecule has 0 atom stereocenters. The average molecular weight is 404 g/mol. The number of aryl methyl sites for hydroxylation is 1. The second-order valence-electron chi connectivity index (χ2n) is 5.60. The molecule has 0 aliphatic carbocycles. The van der Waals surface area contributed by atoms with Crippen LogP contribution in [-0.4, -0.2) is 31.4 Å². The van der Waals surface area contributed by atoms with Gasteiger partial charge in [-0.15, -0.1) is 21.5 Å². The van der Waals surface area contributed by atoms with E-state index in [1.165, 1.54) is 28.7 Å². The summed E-state index contributed by atoms with van der Waals surface area (Å²) in [6, 6.07) is 8.04. The number of rotatable bonds is 9. The van der Waals surface area contributed by atoms with E-state index in [4.69, 9.17) is 4.74 Å². The van der Waals surface area contributed by atoms with Crippen molar-refractivity contribution in [3.63, 3.8) is 0 Å². The van der Waals surface area contributed by atoms with Gasteiger partial charge in [-0.2, -0.15) is 0 Å². The Morgan fingerprint density at radius 2 is 2.07 bits per heavy atom. The summed E-state index contributed by atoms with van der Waals surface area (Å²) >= 11 is 2.74. The number of ether oxygens (including phenoxy) is 1. The van der Waals surface area contributed by atoms with Crippen LogP contribution in [0.5, 0.6) is 5.75 Å². The lowest BCUT2D eigenvalue weighted by atomic mass is 10.2. The van der Waals surface area contributed by atoms with Gasteiger partial charge in [0.25, 0.3) is 0 Å². The Balaban J connectivity index is 1.56. The molecule has 2 heterocycles. The van der Waals surface area contributed by atoms with Gasteiger partial charge in [0.1, 0.15) is 12.4 Å². The summed E-state index contributed by atoms with van der Waals surface area (Å²) in [6.07, 6.45) is 2.66. The minimum Gasteiger partial charge on any atom is -0.486 e. The van der Waals surface area contributed by atoms with Gasteiger partial charge in [0, 0.05) is 18.1 Å². The first kappa shape index (κ1) is 19.4. The minimum atomic E-state index is -0.116. The lowest BCUT2D eigenvalue weighted by molar-refractivity contribution is -0.113. The number of hydrogen-bond donors (Lipinski definition) is 1. The Bertz CT molecular complexity index is 863. The zero-order valence-corrected chi connectivity index (χ0v) is 16.8. The molecule has 3 aromatic rings. The lowest BCUT2D eigenvalue weighted by Gasteiger charge is -2.09. The molecule has 2 aromatic heterocycles. The monoisotopic (exact) mass is 403 g/mol. The normalized spacial score (nSPS) is 10.7. The summed E-state index contributed by atoms with van der Waals surface area (Å²) in [5.41, 5.74) is 1.27. The molecule has 142 valence electrons. The largest absolute Gasteiger partial charge is 0.486 e. The second kappa shape index (κ2) is 9.52. The fourth-order valence-electron chi connectivity index (χ4n) is 2.39. The van der Waals surface area contributed by atoms with E-state index in [0.29, 0.717) is 23.4 Å². The van der Waals surface area contributed by atoms with Crippen LogP contribution in [0.1, 0.15) is 25.2 Å². The van der Waals surface area contributed by atoms with Gasteiger partial charge in [-0.25, -0.2) is 4.98 Å². The van der Waals surface area contributed by atoms with E-state index in [0.717, 1.165) is 18.0 Å². The third kappa shape index (κ3) is 5.30. The van der Waals surface area contributed by atoms with E-state index in [-0.39, 0.29) is 11.7 Å². The second-order valence-corrected chi connectivity index (χ2v) is 7.44. The number of nitrogens with one attached hydrogen (secondary N) is 1. The van der Waals surface area contributed by atoms with E-state index < -0.39 is 0 Å². The summed E-state index contributed by atoms with van der Waals surface area (Å²) in [5.74, 6) is 1.67. The van der Waals surface area contributed by atoms with Crippen LogP contribution >= 0.6 is 23.1 Å². The van der Waals surface area contributed by atoms with Crippen LogP contribution in [0.4, 0.5) is 5.13 Å². The molecule has 0 fully saturated rings. The van der Waals surface area contributed by atoms with Crippen LogP contribution in [0.25, 0.3) is 0 Å². The molecule has 1 amide bonds. The van der Waals surface area contributed by atoms with Crippen LogP contribution in [0, 0.1) is 0 Å². The molecule has 7 nitrogen and oxygen atoms in total. The third-order valence-corrected chi connectivity index (χ3v) is 5.48. The molecule has 27 heavy (non-hydrogen) atoms. The fourth-order valence-corrected chi connectivity index (χ4v) is 3.76.